The van der Waals surface area contributed by atoms with Gasteiger partial charge >= 0.3 is 0 Å². The summed E-state index contributed by atoms with van der Waals surface area (Å²) in [5.74, 6) is 0. The molecule has 4 heteroatoms. The zero-order chi connectivity index (χ0) is 8.72. The van der Waals surface area contributed by atoms with Crippen LogP contribution in [0.1, 0.15) is 10.4 Å². The van der Waals surface area contributed by atoms with Gasteiger partial charge in [0.05, 0.1) is 20.3 Å². The van der Waals surface area contributed by atoms with Gasteiger partial charge in [0.1, 0.15) is 6.07 Å². The molecule has 0 aliphatic carbocycles. The number of hydrogen-bond donors (Lipinski definition) is 1. The van der Waals surface area contributed by atoms with Crippen molar-refractivity contribution in [3.05, 3.63) is 21.1 Å². The van der Waals surface area contributed by atoms with E-state index >= 15 is 0 Å². The number of thiophene rings is 1. The Kier molecular flexibility index (Phi) is 1.71. The van der Waals surface area contributed by atoms with Gasteiger partial charge in [-0.1, -0.05) is 0 Å². The molecular formula is C8H5BrN2S. The van der Waals surface area contributed by atoms with Gasteiger partial charge < -0.3 is 4.98 Å². The summed E-state index contributed by atoms with van der Waals surface area (Å²) in [7, 11) is 0. The number of rotatable bonds is 0. The van der Waals surface area contributed by atoms with Crippen molar-refractivity contribution in [2.75, 3.05) is 0 Å². The largest absolute Gasteiger partial charge is 0.358 e. The number of nitriles is 1. The molecule has 0 aliphatic rings. The van der Waals surface area contributed by atoms with Crippen LogP contribution in [0.4, 0.5) is 0 Å². The van der Waals surface area contributed by atoms with Crippen LogP contribution >= 0.6 is 27.3 Å². The maximum Gasteiger partial charge on any atom is 0.102 e. The summed E-state index contributed by atoms with van der Waals surface area (Å²) in [6, 6.07) is 2.15. The van der Waals surface area contributed by atoms with Gasteiger partial charge in [-0.05, 0) is 22.9 Å². The minimum Gasteiger partial charge on any atom is -0.358 e. The number of hydrogen-bond acceptors (Lipinski definition) is 2. The summed E-state index contributed by atoms with van der Waals surface area (Å²) in [6.45, 7) is 2.03. The number of nitrogens with zero attached hydrogens (tertiary/aromatic N) is 1. The van der Waals surface area contributed by atoms with Crippen molar-refractivity contribution in [2.45, 2.75) is 6.92 Å². The van der Waals surface area contributed by atoms with Gasteiger partial charge in [0.25, 0.3) is 0 Å². The van der Waals surface area contributed by atoms with Gasteiger partial charge in [-0.25, -0.2) is 0 Å². The predicted molar refractivity (Wildman–Crippen MR) is 53.3 cm³/mol. The summed E-state index contributed by atoms with van der Waals surface area (Å²) in [6.07, 6.45) is 1.74. The molecule has 0 aliphatic heterocycles. The van der Waals surface area contributed by atoms with Crippen molar-refractivity contribution in [2.24, 2.45) is 0 Å². The molecule has 0 saturated carbocycles. The van der Waals surface area contributed by atoms with Crippen molar-refractivity contribution in [1.82, 2.24) is 4.98 Å². The van der Waals surface area contributed by atoms with E-state index in [0.29, 0.717) is 0 Å². The van der Waals surface area contributed by atoms with E-state index in [0.717, 1.165) is 20.3 Å². The summed E-state index contributed by atoms with van der Waals surface area (Å²) >= 11 is 5.10. The van der Waals surface area contributed by atoms with Crippen molar-refractivity contribution in [1.29, 1.82) is 5.26 Å². The predicted octanol–water partition coefficient (Wildman–Crippen LogP) is 3.17. The molecule has 0 bridgehead atoms. The van der Waals surface area contributed by atoms with Crippen LogP contribution in [0.15, 0.2) is 10.7 Å². The van der Waals surface area contributed by atoms with Crippen LogP contribution in [0.25, 0.3) is 10.2 Å². The van der Waals surface area contributed by atoms with E-state index < -0.39 is 0 Å². The van der Waals surface area contributed by atoms with Crippen LogP contribution in [0.5, 0.6) is 0 Å². The van der Waals surface area contributed by atoms with Crippen LogP contribution in [0.2, 0.25) is 0 Å². The Morgan fingerprint density at radius 1 is 1.67 bits per heavy atom. The molecule has 12 heavy (non-hydrogen) atoms. The second-order valence-corrected chi connectivity index (χ2v) is 4.51. The Morgan fingerprint density at radius 3 is 3.08 bits per heavy atom. The quantitative estimate of drug-likeness (QED) is 0.755. The SMILES string of the molecule is Cc1sc2c(C#N)c[nH]c2c1Br. The summed E-state index contributed by atoms with van der Waals surface area (Å²) in [5, 5.41) is 8.75. The fourth-order valence-electron chi connectivity index (χ4n) is 1.14. The minimum absolute atomic E-state index is 0.726. The Balaban J connectivity index is 2.91. The molecule has 0 atom stereocenters. The molecule has 0 saturated heterocycles. The zero-order valence-corrected chi connectivity index (χ0v) is 8.71. The maximum absolute atomic E-state index is 8.75. The highest BCUT2D eigenvalue weighted by molar-refractivity contribution is 9.10. The Bertz CT molecular complexity index is 475. The van der Waals surface area contributed by atoms with Crippen LogP contribution in [-0.4, -0.2) is 4.98 Å². The number of aromatic amines is 1. The molecule has 2 heterocycles. The highest BCUT2D eigenvalue weighted by Crippen LogP contribution is 2.35. The smallest absolute Gasteiger partial charge is 0.102 e. The first-order chi connectivity index (χ1) is 5.74. The van der Waals surface area contributed by atoms with E-state index in [9.17, 15) is 0 Å². The third-order valence-electron chi connectivity index (χ3n) is 1.74. The molecule has 0 radical (unpaired) electrons. The summed E-state index contributed by atoms with van der Waals surface area (Å²) in [5.41, 5.74) is 1.76. The maximum atomic E-state index is 8.75. The highest BCUT2D eigenvalue weighted by atomic mass is 79.9. The van der Waals surface area contributed by atoms with E-state index in [4.69, 9.17) is 5.26 Å². The van der Waals surface area contributed by atoms with Crippen LogP contribution in [-0.2, 0) is 0 Å². The monoisotopic (exact) mass is 240 g/mol. The van der Waals surface area contributed by atoms with Crippen LogP contribution in [0.3, 0.4) is 0 Å². The van der Waals surface area contributed by atoms with Gasteiger partial charge in [0, 0.05) is 11.1 Å². The third-order valence-corrected chi connectivity index (χ3v) is 4.13. The minimum atomic E-state index is 0.726. The Morgan fingerprint density at radius 2 is 2.42 bits per heavy atom. The average Bonchev–Trinajstić information content (AvgIpc) is 2.55. The van der Waals surface area contributed by atoms with Gasteiger partial charge in [0.2, 0.25) is 0 Å². The lowest BCUT2D eigenvalue weighted by Gasteiger charge is -1.82. The molecule has 1 N–H and O–H groups in total. The fourth-order valence-corrected chi connectivity index (χ4v) is 2.80. The number of aromatic nitrogens is 1. The summed E-state index contributed by atoms with van der Waals surface area (Å²) in [4.78, 5) is 4.27. The van der Waals surface area contributed by atoms with Gasteiger partial charge in [0.15, 0.2) is 0 Å². The molecule has 2 rings (SSSR count). The van der Waals surface area contributed by atoms with E-state index in [1.807, 2.05) is 6.92 Å². The Labute approximate surface area is 82.0 Å². The highest BCUT2D eigenvalue weighted by Gasteiger charge is 2.11. The molecule has 60 valence electrons. The second-order valence-electron chi connectivity index (χ2n) is 2.49. The first-order valence-corrected chi connectivity index (χ1v) is 5.01. The normalized spacial score (nSPS) is 10.4. The summed E-state index contributed by atoms with van der Waals surface area (Å²) < 4.78 is 2.12. The molecule has 2 aromatic heterocycles. The van der Waals surface area contributed by atoms with Crippen LogP contribution < -0.4 is 0 Å². The van der Waals surface area contributed by atoms with Crippen molar-refractivity contribution < 1.29 is 0 Å². The second kappa shape index (κ2) is 2.61. The number of halogens is 1. The molecule has 2 nitrogen and oxygen atoms in total. The lowest BCUT2D eigenvalue weighted by molar-refractivity contribution is 1.43. The topological polar surface area (TPSA) is 39.6 Å². The Hall–Kier alpha value is -0.790. The molecule has 0 amide bonds. The first-order valence-electron chi connectivity index (χ1n) is 3.40. The van der Waals surface area contributed by atoms with Gasteiger partial charge in [-0.15, -0.1) is 11.3 Å². The molecule has 0 aromatic carbocycles. The third kappa shape index (κ3) is 0.904. The van der Waals surface area contributed by atoms with E-state index in [-0.39, 0.29) is 0 Å². The van der Waals surface area contributed by atoms with E-state index in [1.165, 1.54) is 4.88 Å². The molecular weight excluding hydrogens is 236 g/mol. The van der Waals surface area contributed by atoms with Crippen molar-refractivity contribution >= 4 is 37.5 Å². The van der Waals surface area contributed by atoms with Crippen molar-refractivity contribution in [3.63, 3.8) is 0 Å². The number of fused-ring (bicyclic) bond motifs is 1. The number of H-pyrrole nitrogens is 1. The first kappa shape index (κ1) is 7.84. The van der Waals surface area contributed by atoms with E-state index in [1.54, 1.807) is 17.5 Å². The molecule has 0 unspecified atom stereocenters. The zero-order valence-electron chi connectivity index (χ0n) is 6.31. The van der Waals surface area contributed by atoms with Crippen molar-refractivity contribution in [3.8, 4) is 6.07 Å². The fraction of sp³-hybridized carbons (Fsp3) is 0.125. The lowest BCUT2D eigenvalue weighted by atomic mass is 10.3. The average molecular weight is 241 g/mol. The molecule has 0 spiro atoms. The molecule has 2 aromatic rings. The standard InChI is InChI=1S/C8H5BrN2S/c1-4-6(9)7-8(12-4)5(2-10)3-11-7/h3,11H,1H3. The number of nitrogens with one attached hydrogen (secondary N) is 1. The number of aryl methyl sites for hydroxylation is 1. The van der Waals surface area contributed by atoms with Crippen LogP contribution in [0, 0.1) is 18.3 Å². The van der Waals surface area contributed by atoms with Gasteiger partial charge in [-0.2, -0.15) is 5.26 Å². The van der Waals surface area contributed by atoms with Gasteiger partial charge in [-0.3, -0.25) is 0 Å². The van der Waals surface area contributed by atoms with E-state index in [2.05, 4.69) is 27.0 Å². The lowest BCUT2D eigenvalue weighted by Crippen LogP contribution is -1.63. The molecule has 0 fully saturated rings.